The van der Waals surface area contributed by atoms with Gasteiger partial charge in [0.25, 0.3) is 0 Å². The van der Waals surface area contributed by atoms with E-state index in [1.54, 1.807) is 0 Å². The number of piperazine rings is 1. The summed E-state index contributed by atoms with van der Waals surface area (Å²) in [6.45, 7) is 5.69. The van der Waals surface area contributed by atoms with Crippen molar-refractivity contribution in [3.8, 4) is 5.75 Å². The molecule has 3 rings (SSSR count). The van der Waals surface area contributed by atoms with Gasteiger partial charge in [-0.2, -0.15) is 13.2 Å². The molecule has 2 aromatic rings. The first kappa shape index (κ1) is 23.0. The van der Waals surface area contributed by atoms with Crippen LogP contribution in [0.15, 0.2) is 65.1 Å². The lowest BCUT2D eigenvalue weighted by Crippen LogP contribution is -2.52. The standard InChI is InChI=1S/C22H24F3N3O2S/c1-16(31-20-5-3-2-4-19(20)26)30-18-8-6-17(7-9-18)10-11-27-12-14-28(15-13-27)21(29)22(23,24)25/h2-9H,1,10-15,26H2. The first-order chi connectivity index (χ1) is 14.7. The molecule has 1 saturated heterocycles. The first-order valence-electron chi connectivity index (χ1n) is 9.79. The molecule has 1 aliphatic rings. The molecular formula is C22H24F3N3O2S. The van der Waals surface area contributed by atoms with Crippen LogP contribution in [0, 0.1) is 0 Å². The predicted molar refractivity (Wildman–Crippen MR) is 116 cm³/mol. The van der Waals surface area contributed by atoms with E-state index in [0.717, 1.165) is 21.8 Å². The minimum absolute atomic E-state index is 0.0941. The van der Waals surface area contributed by atoms with E-state index in [1.165, 1.54) is 11.8 Å². The highest BCUT2D eigenvalue weighted by molar-refractivity contribution is 8.03. The zero-order valence-corrected chi connectivity index (χ0v) is 17.7. The molecule has 9 heteroatoms. The molecule has 0 aromatic heterocycles. The average molecular weight is 452 g/mol. The maximum atomic E-state index is 12.5. The Balaban J connectivity index is 1.42. The van der Waals surface area contributed by atoms with Gasteiger partial charge in [-0.15, -0.1) is 0 Å². The Morgan fingerprint density at radius 1 is 1.06 bits per heavy atom. The van der Waals surface area contributed by atoms with Crippen molar-refractivity contribution in [3.05, 3.63) is 65.8 Å². The number of nitrogens with zero attached hydrogens (tertiary/aromatic N) is 2. The molecule has 2 N–H and O–H groups in total. The molecule has 1 amide bonds. The van der Waals surface area contributed by atoms with Gasteiger partial charge >= 0.3 is 12.1 Å². The Morgan fingerprint density at radius 2 is 1.71 bits per heavy atom. The van der Waals surface area contributed by atoms with Gasteiger partial charge in [-0.1, -0.05) is 36.0 Å². The third kappa shape index (κ3) is 6.67. The largest absolute Gasteiger partial charge is 0.471 e. The molecule has 1 heterocycles. The van der Waals surface area contributed by atoms with Crippen LogP contribution in [0.2, 0.25) is 0 Å². The van der Waals surface area contributed by atoms with Gasteiger partial charge in [0.2, 0.25) is 0 Å². The van der Waals surface area contributed by atoms with Gasteiger partial charge < -0.3 is 15.4 Å². The molecule has 0 atom stereocenters. The van der Waals surface area contributed by atoms with E-state index in [2.05, 4.69) is 11.5 Å². The summed E-state index contributed by atoms with van der Waals surface area (Å²) >= 11 is 1.36. The highest BCUT2D eigenvalue weighted by Crippen LogP contribution is 2.31. The maximum Gasteiger partial charge on any atom is 0.471 e. The van der Waals surface area contributed by atoms with Gasteiger partial charge in [0.15, 0.2) is 5.09 Å². The zero-order valence-electron chi connectivity index (χ0n) is 16.9. The van der Waals surface area contributed by atoms with E-state index in [0.29, 0.717) is 36.2 Å². The zero-order chi connectivity index (χ0) is 22.4. The molecule has 5 nitrogen and oxygen atoms in total. The highest BCUT2D eigenvalue weighted by atomic mass is 32.2. The maximum absolute atomic E-state index is 12.5. The number of hydrogen-bond donors (Lipinski definition) is 1. The fraction of sp³-hybridized carbons (Fsp3) is 0.318. The van der Waals surface area contributed by atoms with Crippen LogP contribution in [0.25, 0.3) is 0 Å². The predicted octanol–water partition coefficient (Wildman–Crippen LogP) is 4.16. The van der Waals surface area contributed by atoms with Crippen molar-refractivity contribution in [2.24, 2.45) is 0 Å². The van der Waals surface area contributed by atoms with Crippen LogP contribution in [0.5, 0.6) is 5.75 Å². The van der Waals surface area contributed by atoms with E-state index in [4.69, 9.17) is 10.5 Å². The van der Waals surface area contributed by atoms with Crippen molar-refractivity contribution < 1.29 is 22.7 Å². The molecule has 0 saturated carbocycles. The Bertz CT molecular complexity index is 911. The van der Waals surface area contributed by atoms with Gasteiger partial charge in [-0.25, -0.2) is 0 Å². The lowest BCUT2D eigenvalue weighted by Gasteiger charge is -2.34. The Kier molecular flexibility index (Phi) is 7.50. The lowest BCUT2D eigenvalue weighted by molar-refractivity contribution is -0.187. The molecule has 0 aliphatic carbocycles. The number of halogens is 3. The second-order valence-corrected chi connectivity index (χ2v) is 8.24. The smallest absolute Gasteiger partial charge is 0.451 e. The van der Waals surface area contributed by atoms with Crippen molar-refractivity contribution >= 4 is 23.4 Å². The van der Waals surface area contributed by atoms with Gasteiger partial charge in [0.05, 0.1) is 0 Å². The summed E-state index contributed by atoms with van der Waals surface area (Å²) in [4.78, 5) is 15.1. The van der Waals surface area contributed by atoms with E-state index < -0.39 is 12.1 Å². The number of nitrogens with two attached hydrogens (primary N) is 1. The average Bonchev–Trinajstić information content (AvgIpc) is 2.74. The Labute approximate surface area is 183 Å². The summed E-state index contributed by atoms with van der Waals surface area (Å²) in [5, 5.41) is 0.511. The van der Waals surface area contributed by atoms with Crippen molar-refractivity contribution in [1.82, 2.24) is 9.80 Å². The number of para-hydroxylation sites is 1. The molecule has 1 fully saturated rings. The van der Waals surface area contributed by atoms with Crippen LogP contribution >= 0.6 is 11.8 Å². The summed E-state index contributed by atoms with van der Waals surface area (Å²) in [6, 6.07) is 15.1. The quantitative estimate of drug-likeness (QED) is 0.389. The molecule has 0 unspecified atom stereocenters. The van der Waals surface area contributed by atoms with Crippen LogP contribution in [0.4, 0.5) is 18.9 Å². The molecule has 0 bridgehead atoms. The van der Waals surface area contributed by atoms with Crippen molar-refractivity contribution in [2.75, 3.05) is 38.5 Å². The van der Waals surface area contributed by atoms with Crippen LogP contribution in [-0.4, -0.2) is 54.6 Å². The fourth-order valence-corrected chi connectivity index (χ4v) is 3.93. The van der Waals surface area contributed by atoms with Crippen LogP contribution in [0.3, 0.4) is 0 Å². The molecule has 1 aliphatic heterocycles. The van der Waals surface area contributed by atoms with Crippen molar-refractivity contribution in [2.45, 2.75) is 17.5 Å². The molecule has 2 aromatic carbocycles. The van der Waals surface area contributed by atoms with Crippen molar-refractivity contribution in [1.29, 1.82) is 0 Å². The fourth-order valence-electron chi connectivity index (χ4n) is 3.21. The molecule has 166 valence electrons. The number of benzene rings is 2. The normalized spacial score (nSPS) is 15.0. The number of carbonyl (C=O) groups is 1. The third-order valence-electron chi connectivity index (χ3n) is 4.92. The second kappa shape index (κ2) is 10.1. The number of hydrogen-bond acceptors (Lipinski definition) is 5. The van der Waals surface area contributed by atoms with E-state index in [9.17, 15) is 18.0 Å². The number of carbonyl (C=O) groups excluding carboxylic acids is 1. The van der Waals surface area contributed by atoms with Crippen LogP contribution < -0.4 is 10.5 Å². The van der Waals surface area contributed by atoms with Gasteiger partial charge in [-0.05, 0) is 42.8 Å². The number of amides is 1. The number of alkyl halides is 3. The number of rotatable bonds is 7. The summed E-state index contributed by atoms with van der Waals surface area (Å²) in [7, 11) is 0. The lowest BCUT2D eigenvalue weighted by atomic mass is 10.1. The SMILES string of the molecule is C=C(Oc1ccc(CCN2CCN(C(=O)C(F)(F)F)CC2)cc1)Sc1ccccc1N. The summed E-state index contributed by atoms with van der Waals surface area (Å²) in [6.07, 6.45) is -4.05. The minimum atomic E-state index is -4.80. The van der Waals surface area contributed by atoms with Gasteiger partial charge in [-0.3, -0.25) is 9.69 Å². The van der Waals surface area contributed by atoms with Crippen molar-refractivity contribution in [3.63, 3.8) is 0 Å². The monoisotopic (exact) mass is 451 g/mol. The van der Waals surface area contributed by atoms with Crippen LogP contribution in [0.1, 0.15) is 5.56 Å². The van der Waals surface area contributed by atoms with Crippen LogP contribution in [-0.2, 0) is 11.2 Å². The molecule has 0 radical (unpaired) electrons. The summed E-state index contributed by atoms with van der Waals surface area (Å²) < 4.78 is 43.3. The number of ether oxygens (including phenoxy) is 1. The third-order valence-corrected chi connectivity index (χ3v) is 5.82. The van der Waals surface area contributed by atoms with E-state index in [-0.39, 0.29) is 13.1 Å². The highest BCUT2D eigenvalue weighted by Gasteiger charge is 2.43. The molecule has 0 spiro atoms. The van der Waals surface area contributed by atoms with Gasteiger partial charge in [0, 0.05) is 43.3 Å². The number of nitrogen functional groups attached to an aromatic ring is 1. The summed E-state index contributed by atoms with van der Waals surface area (Å²) in [5.74, 6) is -1.09. The molecular weight excluding hydrogens is 427 g/mol. The minimum Gasteiger partial charge on any atom is -0.451 e. The Hall–Kier alpha value is -2.65. The summed E-state index contributed by atoms with van der Waals surface area (Å²) in [5.41, 5.74) is 7.68. The number of anilines is 1. The Morgan fingerprint density at radius 3 is 2.32 bits per heavy atom. The van der Waals surface area contributed by atoms with E-state index >= 15 is 0 Å². The topological polar surface area (TPSA) is 58.8 Å². The second-order valence-electron chi connectivity index (χ2n) is 7.14. The van der Waals surface area contributed by atoms with Gasteiger partial charge in [0.1, 0.15) is 5.75 Å². The molecule has 31 heavy (non-hydrogen) atoms. The van der Waals surface area contributed by atoms with E-state index in [1.807, 2.05) is 48.5 Å². The first-order valence-corrected chi connectivity index (χ1v) is 10.6. The number of thioether (sulfide) groups is 1.